The van der Waals surface area contributed by atoms with Crippen molar-refractivity contribution in [2.24, 2.45) is 5.92 Å². The van der Waals surface area contributed by atoms with Gasteiger partial charge >= 0.3 is 0 Å². The van der Waals surface area contributed by atoms with E-state index in [1.54, 1.807) is 0 Å². The molecule has 0 aromatic carbocycles. The van der Waals surface area contributed by atoms with Crippen molar-refractivity contribution in [1.82, 2.24) is 9.97 Å². The molecule has 4 heteroatoms. The second kappa shape index (κ2) is 7.50. The van der Waals surface area contributed by atoms with E-state index in [1.165, 1.54) is 31.4 Å². The van der Waals surface area contributed by atoms with Crippen LogP contribution in [0, 0.1) is 10.6 Å². The number of aromatic nitrogens is 2. The number of hydrogen-bond donors (Lipinski definition) is 1. The van der Waals surface area contributed by atoms with Gasteiger partial charge in [0.2, 0.25) is 0 Å². The van der Waals surface area contributed by atoms with Crippen LogP contribution in [-0.4, -0.2) is 16.6 Å². The Morgan fingerprint density at radius 3 is 2.52 bits per heavy atom. The molecule has 1 aromatic rings. The highest BCUT2D eigenvalue weighted by Gasteiger charge is 2.36. The van der Waals surface area contributed by atoms with Crippen LogP contribution < -0.4 is 0 Å². The maximum atomic E-state index is 6.21. The van der Waals surface area contributed by atoms with Crippen LogP contribution in [0.3, 0.4) is 0 Å². The number of rotatable bonds is 5. The van der Waals surface area contributed by atoms with Gasteiger partial charge in [0.1, 0.15) is 16.1 Å². The van der Waals surface area contributed by atoms with E-state index in [1.807, 2.05) is 6.07 Å². The van der Waals surface area contributed by atoms with Crippen molar-refractivity contribution in [3.63, 3.8) is 0 Å². The van der Waals surface area contributed by atoms with Crippen molar-refractivity contribution in [2.45, 2.75) is 71.3 Å². The molecule has 1 aliphatic rings. The van der Waals surface area contributed by atoms with E-state index >= 15 is 0 Å². The van der Waals surface area contributed by atoms with Crippen LogP contribution in [0.15, 0.2) is 6.07 Å². The normalized spacial score (nSPS) is 18.7. The van der Waals surface area contributed by atoms with E-state index in [-0.39, 0.29) is 5.60 Å². The molecule has 118 valence electrons. The summed E-state index contributed by atoms with van der Waals surface area (Å²) in [7, 11) is 0. The summed E-state index contributed by atoms with van der Waals surface area (Å²) in [6, 6.07) is 2.00. The van der Waals surface area contributed by atoms with Gasteiger partial charge in [-0.25, -0.2) is 4.98 Å². The Hall–Kier alpha value is -0.740. The lowest BCUT2D eigenvalue weighted by Crippen LogP contribution is -2.32. The average Bonchev–Trinajstić information content (AvgIpc) is 2.64. The SMILES string of the molecule is CCOC1(c2nc(=S)cc(CC(C)C)[nH]2)CCCCCC1. The molecule has 1 aromatic heterocycles. The van der Waals surface area contributed by atoms with Gasteiger partial charge in [0.25, 0.3) is 0 Å². The van der Waals surface area contributed by atoms with Crippen molar-refractivity contribution < 1.29 is 4.74 Å². The summed E-state index contributed by atoms with van der Waals surface area (Å²) in [6.45, 7) is 7.23. The monoisotopic (exact) mass is 308 g/mol. The van der Waals surface area contributed by atoms with E-state index in [9.17, 15) is 0 Å². The third-order valence-electron chi connectivity index (χ3n) is 4.19. The summed E-state index contributed by atoms with van der Waals surface area (Å²) >= 11 is 5.39. The number of hydrogen-bond acceptors (Lipinski definition) is 3. The summed E-state index contributed by atoms with van der Waals surface area (Å²) in [5, 5.41) is 0. The van der Waals surface area contributed by atoms with E-state index in [0.717, 1.165) is 31.7 Å². The van der Waals surface area contributed by atoms with Crippen molar-refractivity contribution in [3.8, 4) is 0 Å². The first-order valence-corrected chi connectivity index (χ1v) is 8.71. The van der Waals surface area contributed by atoms with E-state index in [4.69, 9.17) is 17.0 Å². The maximum absolute atomic E-state index is 6.21. The molecule has 0 amide bonds. The lowest BCUT2D eigenvalue weighted by molar-refractivity contribution is -0.0626. The van der Waals surface area contributed by atoms with Gasteiger partial charge in [-0.15, -0.1) is 0 Å². The summed E-state index contributed by atoms with van der Waals surface area (Å²) in [5.41, 5.74) is 0.925. The van der Waals surface area contributed by atoms with Crippen molar-refractivity contribution in [3.05, 3.63) is 22.2 Å². The summed E-state index contributed by atoms with van der Waals surface area (Å²) < 4.78 is 6.89. The van der Waals surface area contributed by atoms with Crippen LogP contribution in [0.1, 0.15) is 70.8 Å². The first kappa shape index (κ1) is 16.6. The minimum Gasteiger partial charge on any atom is -0.367 e. The zero-order valence-corrected chi connectivity index (χ0v) is 14.4. The topological polar surface area (TPSA) is 37.9 Å². The van der Waals surface area contributed by atoms with Gasteiger partial charge in [0.15, 0.2) is 0 Å². The van der Waals surface area contributed by atoms with Crippen LogP contribution in [0.5, 0.6) is 0 Å². The van der Waals surface area contributed by atoms with E-state index < -0.39 is 0 Å². The first-order valence-electron chi connectivity index (χ1n) is 8.30. The Kier molecular flexibility index (Phi) is 5.94. The predicted molar refractivity (Wildman–Crippen MR) is 89.0 cm³/mol. The molecule has 21 heavy (non-hydrogen) atoms. The van der Waals surface area contributed by atoms with Gasteiger partial charge in [0.05, 0.1) is 0 Å². The standard InChI is InChI=1S/C17H28N2OS/c1-4-20-17(9-7-5-6-8-10-17)16-18-14(11-13(2)3)12-15(21)19-16/h12-13H,4-11H2,1-3H3,(H,18,19,21). The first-order chi connectivity index (χ1) is 10.1. The highest BCUT2D eigenvalue weighted by atomic mass is 32.1. The highest BCUT2D eigenvalue weighted by molar-refractivity contribution is 7.71. The van der Waals surface area contributed by atoms with Crippen LogP contribution in [0.4, 0.5) is 0 Å². The molecular formula is C17H28N2OS. The molecule has 0 spiro atoms. The lowest BCUT2D eigenvalue weighted by atomic mass is 9.92. The van der Waals surface area contributed by atoms with Gasteiger partial charge in [-0.1, -0.05) is 51.7 Å². The molecule has 0 saturated heterocycles. The molecule has 1 N–H and O–H groups in total. The molecule has 1 saturated carbocycles. The van der Waals surface area contributed by atoms with E-state index in [2.05, 4.69) is 30.7 Å². The van der Waals surface area contributed by atoms with Gasteiger partial charge < -0.3 is 9.72 Å². The number of nitrogens with zero attached hydrogens (tertiary/aromatic N) is 1. The quantitative estimate of drug-likeness (QED) is 0.619. The number of ether oxygens (including phenoxy) is 1. The van der Waals surface area contributed by atoms with Crippen molar-refractivity contribution in [2.75, 3.05) is 6.61 Å². The fourth-order valence-electron chi connectivity index (χ4n) is 3.30. The summed E-state index contributed by atoms with van der Waals surface area (Å²) in [4.78, 5) is 8.17. The molecule has 1 heterocycles. The molecule has 1 aliphatic carbocycles. The highest BCUT2D eigenvalue weighted by Crippen LogP contribution is 2.37. The van der Waals surface area contributed by atoms with Gasteiger partial charge in [-0.2, -0.15) is 0 Å². The minimum absolute atomic E-state index is 0.258. The minimum atomic E-state index is -0.258. The molecule has 0 unspecified atom stereocenters. The molecule has 0 bridgehead atoms. The summed E-state index contributed by atoms with van der Waals surface area (Å²) in [6.07, 6.45) is 8.09. The smallest absolute Gasteiger partial charge is 0.140 e. The molecule has 1 fully saturated rings. The maximum Gasteiger partial charge on any atom is 0.140 e. The molecule has 0 atom stereocenters. The molecule has 2 rings (SSSR count). The molecule has 3 nitrogen and oxygen atoms in total. The van der Waals surface area contributed by atoms with Crippen LogP contribution in [0.25, 0.3) is 0 Å². The average molecular weight is 308 g/mol. The summed E-state index contributed by atoms with van der Waals surface area (Å²) in [5.74, 6) is 1.55. The number of H-pyrrole nitrogens is 1. The molecular weight excluding hydrogens is 280 g/mol. The van der Waals surface area contributed by atoms with Gasteiger partial charge in [-0.3, -0.25) is 0 Å². The Balaban J connectivity index is 2.39. The number of nitrogens with one attached hydrogen (secondary N) is 1. The molecule has 0 radical (unpaired) electrons. The third-order valence-corrected chi connectivity index (χ3v) is 4.40. The Labute approximate surface area is 133 Å². The second-order valence-corrected chi connectivity index (χ2v) is 6.95. The lowest BCUT2D eigenvalue weighted by Gasteiger charge is -2.32. The Bertz CT molecular complexity index is 502. The zero-order chi connectivity index (χ0) is 15.3. The van der Waals surface area contributed by atoms with Crippen LogP contribution in [-0.2, 0) is 16.8 Å². The third kappa shape index (κ3) is 4.36. The zero-order valence-electron chi connectivity index (χ0n) is 13.6. The Morgan fingerprint density at radius 1 is 1.29 bits per heavy atom. The second-order valence-electron chi connectivity index (χ2n) is 6.53. The van der Waals surface area contributed by atoms with Crippen LogP contribution >= 0.6 is 12.2 Å². The Morgan fingerprint density at radius 2 is 1.95 bits per heavy atom. The van der Waals surface area contributed by atoms with E-state index in [0.29, 0.717) is 10.6 Å². The van der Waals surface area contributed by atoms with Gasteiger partial charge in [0, 0.05) is 12.3 Å². The molecule has 0 aliphatic heterocycles. The number of aromatic amines is 1. The van der Waals surface area contributed by atoms with Crippen molar-refractivity contribution in [1.29, 1.82) is 0 Å². The fraction of sp³-hybridized carbons (Fsp3) is 0.765. The largest absolute Gasteiger partial charge is 0.367 e. The predicted octanol–water partition coefficient (Wildman–Crippen LogP) is 4.92. The van der Waals surface area contributed by atoms with Crippen molar-refractivity contribution >= 4 is 12.2 Å². The van der Waals surface area contributed by atoms with Crippen LogP contribution in [0.2, 0.25) is 0 Å². The van der Waals surface area contributed by atoms with Gasteiger partial charge in [-0.05, 0) is 38.2 Å². The fourth-order valence-corrected chi connectivity index (χ4v) is 3.53.